The van der Waals surface area contributed by atoms with E-state index in [0.717, 1.165) is 11.8 Å². The van der Waals surface area contributed by atoms with Crippen molar-refractivity contribution in [2.75, 3.05) is 5.75 Å². The van der Waals surface area contributed by atoms with E-state index in [1.165, 1.54) is 12.1 Å². The zero-order valence-corrected chi connectivity index (χ0v) is 13.2. The molecular weight excluding hydrogens is 332 g/mol. The third kappa shape index (κ3) is 4.56. The minimum atomic E-state index is -1.18. The van der Waals surface area contributed by atoms with E-state index >= 15 is 0 Å². The van der Waals surface area contributed by atoms with E-state index in [0.29, 0.717) is 10.5 Å². The number of nitro groups is 1. The van der Waals surface area contributed by atoms with Gasteiger partial charge in [0, 0.05) is 6.07 Å². The molecule has 0 saturated heterocycles. The Morgan fingerprint density at radius 1 is 1.12 bits per heavy atom. The van der Waals surface area contributed by atoms with Gasteiger partial charge in [-0.3, -0.25) is 14.9 Å². The molecule has 0 fully saturated rings. The van der Waals surface area contributed by atoms with Gasteiger partial charge in [-0.15, -0.1) is 11.8 Å². The fourth-order valence-electron chi connectivity index (χ4n) is 2.01. The van der Waals surface area contributed by atoms with Gasteiger partial charge in [0.05, 0.1) is 15.6 Å². The predicted octanol–water partition coefficient (Wildman–Crippen LogP) is 2.63. The predicted molar refractivity (Wildman–Crippen MR) is 88.8 cm³/mol. The average molecular weight is 346 g/mol. The number of carboxylic acid groups (broad SMARTS) is 1. The maximum Gasteiger partial charge on any atom is 0.330 e. The van der Waals surface area contributed by atoms with Gasteiger partial charge >= 0.3 is 5.97 Å². The summed E-state index contributed by atoms with van der Waals surface area (Å²) in [5.74, 6) is -1.82. The van der Waals surface area contributed by atoms with Gasteiger partial charge in [-0.1, -0.05) is 42.5 Å². The number of nitrogens with zero attached hydrogens (tertiary/aromatic N) is 1. The molecule has 2 N–H and O–H groups in total. The maximum absolute atomic E-state index is 12.0. The molecule has 2 rings (SSSR count). The largest absolute Gasteiger partial charge is 0.479 e. The smallest absolute Gasteiger partial charge is 0.330 e. The van der Waals surface area contributed by atoms with Crippen molar-refractivity contribution in [3.8, 4) is 0 Å². The third-order valence-corrected chi connectivity index (χ3v) is 4.17. The lowest BCUT2D eigenvalue weighted by Crippen LogP contribution is -2.34. The summed E-state index contributed by atoms with van der Waals surface area (Å²) in [6.45, 7) is 0. The number of rotatable bonds is 7. The lowest BCUT2D eigenvalue weighted by molar-refractivity contribution is -0.387. The number of carbonyl (C=O) groups is 2. The number of hydrogen-bond donors (Lipinski definition) is 2. The summed E-state index contributed by atoms with van der Waals surface area (Å²) in [6.07, 6.45) is 0. The summed E-state index contributed by atoms with van der Waals surface area (Å²) >= 11 is 0.986. The first kappa shape index (κ1) is 17.5. The van der Waals surface area contributed by atoms with Crippen molar-refractivity contribution in [3.63, 3.8) is 0 Å². The first-order chi connectivity index (χ1) is 11.5. The van der Waals surface area contributed by atoms with Crippen LogP contribution in [0.2, 0.25) is 0 Å². The van der Waals surface area contributed by atoms with Crippen LogP contribution in [-0.2, 0) is 9.59 Å². The molecule has 0 aliphatic carbocycles. The second-order valence-corrected chi connectivity index (χ2v) is 5.78. The van der Waals surface area contributed by atoms with Crippen LogP contribution in [0.25, 0.3) is 0 Å². The molecule has 0 bridgehead atoms. The van der Waals surface area contributed by atoms with E-state index in [2.05, 4.69) is 5.32 Å². The number of para-hydroxylation sites is 1. The van der Waals surface area contributed by atoms with Crippen LogP contribution in [-0.4, -0.2) is 27.7 Å². The molecule has 2 aromatic carbocycles. The number of benzene rings is 2. The van der Waals surface area contributed by atoms with E-state index in [-0.39, 0.29) is 11.4 Å². The average Bonchev–Trinajstić information content (AvgIpc) is 2.58. The second kappa shape index (κ2) is 8.11. The fraction of sp³-hybridized carbons (Fsp3) is 0.125. The summed E-state index contributed by atoms with van der Waals surface area (Å²) < 4.78 is 0. The monoisotopic (exact) mass is 346 g/mol. The standard InChI is InChI=1S/C16H14N2O5S/c19-14(10-24-13-9-5-4-8-12(13)18(22)23)17-15(16(20)21)11-6-2-1-3-7-11/h1-9,15H,10H2,(H,17,19)(H,20,21). The quantitative estimate of drug-likeness (QED) is 0.453. The molecule has 1 amide bonds. The molecule has 0 heterocycles. The lowest BCUT2D eigenvalue weighted by Gasteiger charge is -2.14. The van der Waals surface area contributed by atoms with Crippen molar-refractivity contribution >= 4 is 29.3 Å². The summed E-state index contributed by atoms with van der Waals surface area (Å²) in [6, 6.07) is 13.2. The van der Waals surface area contributed by atoms with Crippen molar-refractivity contribution in [2.24, 2.45) is 0 Å². The van der Waals surface area contributed by atoms with Crippen LogP contribution in [0.15, 0.2) is 59.5 Å². The van der Waals surface area contributed by atoms with Gasteiger partial charge < -0.3 is 10.4 Å². The first-order valence-electron chi connectivity index (χ1n) is 6.92. The highest BCUT2D eigenvalue weighted by atomic mass is 32.2. The van der Waals surface area contributed by atoms with Crippen molar-refractivity contribution in [3.05, 3.63) is 70.3 Å². The molecule has 0 aliphatic rings. The van der Waals surface area contributed by atoms with Crippen LogP contribution in [0.4, 0.5) is 5.69 Å². The molecule has 0 aliphatic heterocycles. The summed E-state index contributed by atoms with van der Waals surface area (Å²) in [4.78, 5) is 34.1. The molecule has 8 heteroatoms. The number of amides is 1. The number of carbonyl (C=O) groups excluding carboxylic acids is 1. The number of thioether (sulfide) groups is 1. The summed E-state index contributed by atoms with van der Waals surface area (Å²) in [5, 5.41) is 22.6. The summed E-state index contributed by atoms with van der Waals surface area (Å²) in [7, 11) is 0. The van der Waals surface area contributed by atoms with Crippen LogP contribution < -0.4 is 5.32 Å². The van der Waals surface area contributed by atoms with Gasteiger partial charge in [-0.05, 0) is 11.6 Å². The topological polar surface area (TPSA) is 110 Å². The lowest BCUT2D eigenvalue weighted by atomic mass is 10.1. The molecule has 24 heavy (non-hydrogen) atoms. The number of nitro benzene ring substituents is 1. The van der Waals surface area contributed by atoms with Crippen molar-refractivity contribution in [1.82, 2.24) is 5.32 Å². The van der Waals surface area contributed by atoms with E-state index in [9.17, 15) is 24.8 Å². The van der Waals surface area contributed by atoms with Crippen molar-refractivity contribution in [2.45, 2.75) is 10.9 Å². The molecule has 0 radical (unpaired) electrons. The Labute approximate surface area is 141 Å². The molecule has 0 spiro atoms. The Balaban J connectivity index is 2.02. The second-order valence-electron chi connectivity index (χ2n) is 4.76. The molecule has 0 aromatic heterocycles. The minimum absolute atomic E-state index is 0.0897. The Bertz CT molecular complexity index is 751. The number of hydrogen-bond acceptors (Lipinski definition) is 5. The summed E-state index contributed by atoms with van der Waals surface area (Å²) in [5.41, 5.74) is 0.363. The van der Waals surface area contributed by atoms with E-state index in [1.54, 1.807) is 42.5 Å². The van der Waals surface area contributed by atoms with Gasteiger partial charge in [-0.2, -0.15) is 0 Å². The van der Waals surface area contributed by atoms with Crippen molar-refractivity contribution in [1.29, 1.82) is 0 Å². The first-order valence-corrected chi connectivity index (χ1v) is 7.91. The Hall–Kier alpha value is -2.87. The van der Waals surface area contributed by atoms with Gasteiger partial charge in [0.25, 0.3) is 5.69 Å². The number of carboxylic acids is 1. The van der Waals surface area contributed by atoms with E-state index in [1.807, 2.05) is 0 Å². The van der Waals surface area contributed by atoms with Crippen molar-refractivity contribution < 1.29 is 19.6 Å². The molecule has 7 nitrogen and oxygen atoms in total. The highest BCUT2D eigenvalue weighted by Crippen LogP contribution is 2.28. The van der Waals surface area contributed by atoms with Crippen LogP contribution in [0.5, 0.6) is 0 Å². The Morgan fingerprint density at radius 2 is 1.75 bits per heavy atom. The maximum atomic E-state index is 12.0. The highest BCUT2D eigenvalue weighted by molar-refractivity contribution is 8.00. The molecule has 2 aromatic rings. The Morgan fingerprint density at radius 3 is 2.38 bits per heavy atom. The van der Waals surface area contributed by atoms with Crippen LogP contribution in [0.3, 0.4) is 0 Å². The molecule has 1 atom stereocenters. The molecule has 0 saturated carbocycles. The van der Waals surface area contributed by atoms with E-state index < -0.39 is 22.8 Å². The molecule has 1 unspecified atom stereocenters. The fourth-order valence-corrected chi connectivity index (χ4v) is 2.84. The minimum Gasteiger partial charge on any atom is -0.479 e. The number of aliphatic carboxylic acids is 1. The van der Waals surface area contributed by atoms with Gasteiger partial charge in [0.15, 0.2) is 6.04 Å². The molecular formula is C16H14N2O5S. The van der Waals surface area contributed by atoms with Crippen LogP contribution >= 0.6 is 11.8 Å². The Kier molecular flexibility index (Phi) is 5.91. The van der Waals surface area contributed by atoms with Gasteiger partial charge in [-0.25, -0.2) is 4.79 Å². The zero-order chi connectivity index (χ0) is 17.5. The SMILES string of the molecule is O=C(CSc1ccccc1[N+](=O)[O-])NC(C(=O)O)c1ccccc1. The third-order valence-electron chi connectivity index (χ3n) is 3.11. The zero-order valence-electron chi connectivity index (χ0n) is 12.4. The highest BCUT2D eigenvalue weighted by Gasteiger charge is 2.22. The molecule has 124 valence electrons. The van der Waals surface area contributed by atoms with Gasteiger partial charge in [0.2, 0.25) is 5.91 Å². The van der Waals surface area contributed by atoms with E-state index in [4.69, 9.17) is 0 Å². The normalized spacial score (nSPS) is 11.5. The van der Waals surface area contributed by atoms with Gasteiger partial charge in [0.1, 0.15) is 0 Å². The number of nitrogens with one attached hydrogen (secondary N) is 1. The van der Waals surface area contributed by atoms with Crippen LogP contribution in [0, 0.1) is 10.1 Å². The van der Waals surface area contributed by atoms with Crippen LogP contribution in [0.1, 0.15) is 11.6 Å².